The summed E-state index contributed by atoms with van der Waals surface area (Å²) in [5, 5.41) is 10.1. The number of hydrogen-bond acceptors (Lipinski definition) is 4. The summed E-state index contributed by atoms with van der Waals surface area (Å²) < 4.78 is 2.92. The quantitative estimate of drug-likeness (QED) is 0.891. The molecule has 2 aromatic heterocycles. The van der Waals surface area contributed by atoms with Crippen LogP contribution < -0.4 is 5.32 Å². The molecule has 0 amide bonds. The molecule has 2 heterocycles. The van der Waals surface area contributed by atoms with E-state index in [1.54, 1.807) is 11.8 Å². The summed E-state index contributed by atoms with van der Waals surface area (Å²) in [4.78, 5) is 4.41. The number of aryl methyl sites for hydroxylation is 2. The zero-order chi connectivity index (χ0) is 14.7. The molecule has 108 valence electrons. The van der Waals surface area contributed by atoms with Gasteiger partial charge in [-0.2, -0.15) is 5.10 Å². The van der Waals surface area contributed by atoms with Crippen LogP contribution in [0.5, 0.6) is 0 Å². The van der Waals surface area contributed by atoms with Gasteiger partial charge < -0.3 is 5.32 Å². The minimum atomic E-state index is 0.457. The predicted molar refractivity (Wildman–Crippen MR) is 86.0 cm³/mol. The lowest BCUT2D eigenvalue weighted by molar-refractivity contribution is 0.580. The van der Waals surface area contributed by atoms with Crippen molar-refractivity contribution in [3.63, 3.8) is 0 Å². The Morgan fingerprint density at radius 3 is 2.75 bits per heavy atom. The van der Waals surface area contributed by atoms with Crippen molar-refractivity contribution in [3.8, 4) is 0 Å². The highest BCUT2D eigenvalue weighted by molar-refractivity contribution is 9.10. The van der Waals surface area contributed by atoms with Crippen LogP contribution in [0.2, 0.25) is 0 Å². The van der Waals surface area contributed by atoms with Gasteiger partial charge in [0.15, 0.2) is 0 Å². The molecule has 0 atom stereocenters. The summed E-state index contributed by atoms with van der Waals surface area (Å²) in [7, 11) is 1.98. The molecule has 20 heavy (non-hydrogen) atoms. The second-order valence-electron chi connectivity index (χ2n) is 4.95. The number of nitrogens with zero attached hydrogens (tertiary/aromatic N) is 3. The molecule has 0 aliphatic carbocycles. The largest absolute Gasteiger partial charge is 0.310 e. The molecule has 1 N–H and O–H groups in total. The van der Waals surface area contributed by atoms with Gasteiger partial charge in [0.05, 0.1) is 5.69 Å². The fraction of sp³-hybridized carbons (Fsp3) is 0.429. The molecule has 2 rings (SSSR count). The van der Waals surface area contributed by atoms with Crippen LogP contribution in [0.25, 0.3) is 0 Å². The lowest BCUT2D eigenvalue weighted by Gasteiger charge is -2.10. The van der Waals surface area contributed by atoms with Gasteiger partial charge >= 0.3 is 0 Å². The van der Waals surface area contributed by atoms with E-state index < -0.39 is 0 Å². The van der Waals surface area contributed by atoms with Gasteiger partial charge in [0.1, 0.15) is 10.1 Å². The first-order chi connectivity index (χ1) is 9.47. The summed E-state index contributed by atoms with van der Waals surface area (Å²) in [5.41, 5.74) is 2.32. The second kappa shape index (κ2) is 6.74. The molecule has 0 saturated carbocycles. The molecule has 4 nitrogen and oxygen atoms in total. The standard InChI is InChI=1S/C14H19BrN4S/c1-9(2)16-8-12-10(3)18-19(4)14(12)20-13-6-5-11(15)7-17-13/h5-7,9,16H,8H2,1-4H3. The van der Waals surface area contributed by atoms with Crippen molar-refractivity contribution in [2.75, 3.05) is 0 Å². The first-order valence-electron chi connectivity index (χ1n) is 6.52. The molecule has 6 heteroatoms. The van der Waals surface area contributed by atoms with E-state index in [-0.39, 0.29) is 0 Å². The van der Waals surface area contributed by atoms with Crippen molar-refractivity contribution >= 4 is 27.7 Å². The zero-order valence-electron chi connectivity index (χ0n) is 12.1. The Bertz CT molecular complexity index is 578. The Labute approximate surface area is 132 Å². The van der Waals surface area contributed by atoms with Gasteiger partial charge in [-0.25, -0.2) is 4.98 Å². The topological polar surface area (TPSA) is 42.7 Å². The maximum atomic E-state index is 4.52. The number of rotatable bonds is 5. The van der Waals surface area contributed by atoms with Gasteiger partial charge in [-0.05, 0) is 35.0 Å². The van der Waals surface area contributed by atoms with Crippen LogP contribution in [-0.4, -0.2) is 20.8 Å². The highest BCUT2D eigenvalue weighted by Crippen LogP contribution is 2.30. The van der Waals surface area contributed by atoms with Crippen LogP contribution in [0, 0.1) is 6.92 Å². The first-order valence-corrected chi connectivity index (χ1v) is 8.13. The number of aromatic nitrogens is 3. The molecule has 0 spiro atoms. The second-order valence-corrected chi connectivity index (χ2v) is 6.87. The van der Waals surface area contributed by atoms with Crippen molar-refractivity contribution in [1.29, 1.82) is 0 Å². The molecule has 0 aliphatic rings. The lowest BCUT2D eigenvalue weighted by atomic mass is 10.2. The van der Waals surface area contributed by atoms with Crippen LogP contribution in [0.1, 0.15) is 25.1 Å². The van der Waals surface area contributed by atoms with E-state index in [0.29, 0.717) is 6.04 Å². The minimum absolute atomic E-state index is 0.457. The number of hydrogen-bond donors (Lipinski definition) is 1. The Morgan fingerprint density at radius 2 is 2.15 bits per heavy atom. The molecule has 0 fully saturated rings. The average Bonchev–Trinajstić information content (AvgIpc) is 2.64. The van der Waals surface area contributed by atoms with Crippen LogP contribution in [0.15, 0.2) is 32.9 Å². The number of halogens is 1. The summed E-state index contributed by atoms with van der Waals surface area (Å²) in [5.74, 6) is 0. The molecule has 0 unspecified atom stereocenters. The van der Waals surface area contributed by atoms with Gasteiger partial charge in [0.25, 0.3) is 0 Å². The third kappa shape index (κ3) is 3.84. The summed E-state index contributed by atoms with van der Waals surface area (Å²) in [6.07, 6.45) is 1.82. The van der Waals surface area contributed by atoms with Gasteiger partial charge in [0.2, 0.25) is 0 Å². The minimum Gasteiger partial charge on any atom is -0.310 e. The van der Waals surface area contributed by atoms with E-state index in [4.69, 9.17) is 0 Å². The molecule has 0 saturated heterocycles. The van der Waals surface area contributed by atoms with Crippen molar-refractivity contribution in [2.24, 2.45) is 7.05 Å². The van der Waals surface area contributed by atoms with Gasteiger partial charge in [-0.1, -0.05) is 25.6 Å². The molecule has 2 aromatic rings. The van der Waals surface area contributed by atoms with Gasteiger partial charge in [-0.3, -0.25) is 4.68 Å². The monoisotopic (exact) mass is 354 g/mol. The molecule has 0 aromatic carbocycles. The first kappa shape index (κ1) is 15.5. The fourth-order valence-electron chi connectivity index (χ4n) is 1.84. The summed E-state index contributed by atoms with van der Waals surface area (Å²) in [6.45, 7) is 7.18. The Balaban J connectivity index is 2.23. The van der Waals surface area contributed by atoms with E-state index in [1.165, 1.54) is 5.56 Å². The molecular formula is C14H19BrN4S. The van der Waals surface area contributed by atoms with Gasteiger partial charge in [-0.15, -0.1) is 0 Å². The fourth-order valence-corrected chi connectivity index (χ4v) is 3.03. The van der Waals surface area contributed by atoms with E-state index in [9.17, 15) is 0 Å². The molecular weight excluding hydrogens is 336 g/mol. The molecule has 0 aliphatic heterocycles. The van der Waals surface area contributed by atoms with Crippen LogP contribution in [-0.2, 0) is 13.6 Å². The van der Waals surface area contributed by atoms with Crippen LogP contribution >= 0.6 is 27.7 Å². The third-order valence-corrected chi connectivity index (χ3v) is 4.50. The van der Waals surface area contributed by atoms with Gasteiger partial charge in [0, 0.05) is 35.9 Å². The highest BCUT2D eigenvalue weighted by atomic mass is 79.9. The molecule has 0 radical (unpaired) electrons. The summed E-state index contributed by atoms with van der Waals surface area (Å²) >= 11 is 5.06. The SMILES string of the molecule is Cc1nn(C)c(Sc2ccc(Br)cn2)c1CNC(C)C. The van der Waals surface area contributed by atoms with Crippen molar-refractivity contribution < 1.29 is 0 Å². The maximum Gasteiger partial charge on any atom is 0.105 e. The predicted octanol–water partition coefficient (Wildman–Crippen LogP) is 3.54. The van der Waals surface area contributed by atoms with E-state index in [0.717, 1.165) is 26.8 Å². The lowest BCUT2D eigenvalue weighted by Crippen LogP contribution is -2.22. The van der Waals surface area contributed by atoms with Crippen molar-refractivity contribution in [3.05, 3.63) is 34.1 Å². The Morgan fingerprint density at radius 1 is 1.40 bits per heavy atom. The number of nitrogens with one attached hydrogen (secondary N) is 1. The van der Waals surface area contributed by atoms with Crippen LogP contribution in [0.4, 0.5) is 0 Å². The summed E-state index contributed by atoms with van der Waals surface area (Å²) in [6, 6.07) is 4.47. The Kier molecular flexibility index (Phi) is 5.23. The van der Waals surface area contributed by atoms with Crippen molar-refractivity contribution in [1.82, 2.24) is 20.1 Å². The normalized spacial score (nSPS) is 11.3. The van der Waals surface area contributed by atoms with Crippen LogP contribution in [0.3, 0.4) is 0 Å². The zero-order valence-corrected chi connectivity index (χ0v) is 14.5. The highest BCUT2D eigenvalue weighted by Gasteiger charge is 2.15. The Hall–Kier alpha value is -0.850. The van der Waals surface area contributed by atoms with E-state index >= 15 is 0 Å². The number of pyridine rings is 1. The molecule has 0 bridgehead atoms. The smallest absolute Gasteiger partial charge is 0.105 e. The van der Waals surface area contributed by atoms with Crippen molar-refractivity contribution in [2.45, 2.75) is 43.4 Å². The third-order valence-electron chi connectivity index (χ3n) is 2.88. The average molecular weight is 355 g/mol. The van der Waals surface area contributed by atoms with E-state index in [2.05, 4.69) is 52.1 Å². The maximum absolute atomic E-state index is 4.52. The van der Waals surface area contributed by atoms with E-state index in [1.807, 2.05) is 30.1 Å².